The number of piperidine rings is 2. The number of carboxylic acid groups (broad SMARTS) is 2. The molecule has 22 nitrogen and oxygen atoms in total. The molecule has 4 aromatic carbocycles. The maximum absolute atomic E-state index is 13.0. The van der Waals surface area contributed by atoms with Crippen LogP contribution in [0.4, 0.5) is 9.59 Å². The first-order chi connectivity index (χ1) is 42.2. The SMILES string of the molecule is CC(=O)O.CC(=O)O.CC(=O)O[BH2-]OC(C)=O.CCN(C(C)C)C(C)C.COc1cccc(C=O)c1.COc1cccc(CN2CCC(N(C)C(=O)n3cnc(-c4ccc(C)cc4)c3)CC2)c1.Cc1ccc(-c2cn(C(=O)N(C)C3CCNCC3)cn2)cc1.Cl.[Na+]. The molecular weight excluding hydrogens is 1200 g/mol. The number of aldehydes is 1. The van der Waals surface area contributed by atoms with Crippen LogP contribution >= 0.6 is 12.4 Å². The van der Waals surface area contributed by atoms with Gasteiger partial charge in [0.2, 0.25) is 0 Å². The predicted octanol–water partition coefficient (Wildman–Crippen LogP) is 7.29. The number of hydrogen-bond acceptors (Lipinski definition) is 16. The normalized spacial score (nSPS) is 12.5. The first-order valence-electron chi connectivity index (χ1n) is 29.8. The number of nitrogens with one attached hydrogen (secondary N) is 1. The van der Waals surface area contributed by atoms with Gasteiger partial charge in [0, 0.05) is 115 Å². The van der Waals surface area contributed by atoms with Crippen LogP contribution in [0.1, 0.15) is 115 Å². The Morgan fingerprint density at radius 1 is 0.648 bits per heavy atom. The van der Waals surface area contributed by atoms with Crippen LogP contribution < -0.4 is 44.3 Å². The van der Waals surface area contributed by atoms with Crippen molar-refractivity contribution in [1.29, 1.82) is 0 Å². The number of likely N-dealkylation sites (tertiary alicyclic amines) is 1. The summed E-state index contributed by atoms with van der Waals surface area (Å²) in [5.74, 6) is -0.875. The molecule has 0 saturated carbocycles. The van der Waals surface area contributed by atoms with Crippen LogP contribution in [0.3, 0.4) is 0 Å². The molecule has 2 fully saturated rings. The smallest absolute Gasteiger partial charge is 0.661 e. The minimum atomic E-state index is -1.27. The third-order valence-corrected chi connectivity index (χ3v) is 14.1. The fourth-order valence-electron chi connectivity index (χ4n) is 9.28. The van der Waals surface area contributed by atoms with E-state index in [9.17, 15) is 24.0 Å². The van der Waals surface area contributed by atoms with E-state index in [0.717, 1.165) is 113 Å². The Balaban J connectivity index is 0.00000117. The van der Waals surface area contributed by atoms with Gasteiger partial charge in [-0.3, -0.25) is 42.9 Å². The van der Waals surface area contributed by atoms with E-state index >= 15 is 0 Å². The van der Waals surface area contributed by atoms with Gasteiger partial charge in [-0.25, -0.2) is 19.6 Å². The molecule has 2 saturated heterocycles. The average Bonchev–Trinajstić information content (AvgIpc) is 2.80. The number of aliphatic carboxylic acids is 2. The Morgan fingerprint density at radius 3 is 1.41 bits per heavy atom. The Bertz CT molecular complexity index is 3040. The molecule has 6 aromatic rings. The molecular formula is C66H96BClN9NaO13. The van der Waals surface area contributed by atoms with E-state index in [2.05, 4.69) is 119 Å². The number of rotatable bonds is 14. The molecule has 0 aliphatic carbocycles. The van der Waals surface area contributed by atoms with Crippen LogP contribution in [-0.4, -0.2) is 184 Å². The number of carbonyl (C=O) groups is 7. The van der Waals surface area contributed by atoms with Crippen molar-refractivity contribution in [2.24, 2.45) is 0 Å². The quantitative estimate of drug-likeness (QED) is 0.0714. The molecule has 4 heterocycles. The Morgan fingerprint density at radius 2 is 1.04 bits per heavy atom. The molecule has 2 aliphatic heterocycles. The van der Waals surface area contributed by atoms with E-state index in [0.29, 0.717) is 29.4 Å². The van der Waals surface area contributed by atoms with Gasteiger partial charge in [0.25, 0.3) is 23.9 Å². The van der Waals surface area contributed by atoms with Crippen LogP contribution in [0.15, 0.2) is 122 Å². The predicted molar refractivity (Wildman–Crippen MR) is 356 cm³/mol. The van der Waals surface area contributed by atoms with Crippen molar-refractivity contribution < 1.29 is 92.1 Å². The number of methoxy groups -OCH3 is 2. The summed E-state index contributed by atoms with van der Waals surface area (Å²) in [6.07, 6.45) is 11.6. The van der Waals surface area contributed by atoms with Gasteiger partial charge < -0.3 is 44.1 Å². The molecule has 494 valence electrons. The van der Waals surface area contributed by atoms with Gasteiger partial charge in [-0.2, -0.15) is 0 Å². The van der Waals surface area contributed by atoms with Crippen molar-refractivity contribution >= 4 is 62.3 Å². The molecule has 0 unspecified atom stereocenters. The number of aryl methyl sites for hydroxylation is 2. The monoisotopic (exact) mass is 1290 g/mol. The summed E-state index contributed by atoms with van der Waals surface area (Å²) in [6.45, 7) is 25.9. The van der Waals surface area contributed by atoms with E-state index in [1.807, 2.05) is 72.7 Å². The number of amides is 2. The van der Waals surface area contributed by atoms with Crippen LogP contribution in [-0.2, 0) is 35.0 Å². The number of carboxylic acids is 2. The zero-order chi connectivity index (χ0) is 66.6. The van der Waals surface area contributed by atoms with Crippen molar-refractivity contribution in [2.75, 3.05) is 61.0 Å². The molecule has 2 amide bonds. The minimum absolute atomic E-state index is 0. The van der Waals surface area contributed by atoms with Crippen LogP contribution in [0.25, 0.3) is 22.5 Å². The van der Waals surface area contributed by atoms with Crippen molar-refractivity contribution in [3.05, 3.63) is 144 Å². The Kier molecular flexibility index (Phi) is 42.1. The summed E-state index contributed by atoms with van der Waals surface area (Å²) < 4.78 is 22.2. The van der Waals surface area contributed by atoms with Gasteiger partial charge in [0.15, 0.2) is 0 Å². The third-order valence-electron chi connectivity index (χ3n) is 14.1. The van der Waals surface area contributed by atoms with Crippen LogP contribution in [0.5, 0.6) is 11.5 Å². The summed E-state index contributed by atoms with van der Waals surface area (Å²) >= 11 is 0. The van der Waals surface area contributed by atoms with Gasteiger partial charge in [-0.15, -0.1) is 12.4 Å². The van der Waals surface area contributed by atoms with Crippen molar-refractivity contribution in [2.45, 2.75) is 133 Å². The maximum atomic E-state index is 13.0. The number of halogens is 1. The fraction of sp³-hybridized carbons (Fsp3) is 0.439. The number of ether oxygens (including phenoxy) is 2. The molecule has 91 heavy (non-hydrogen) atoms. The van der Waals surface area contributed by atoms with Gasteiger partial charge in [-0.05, 0) is 117 Å². The van der Waals surface area contributed by atoms with Crippen molar-refractivity contribution in [1.82, 2.24) is 44.0 Å². The van der Waals surface area contributed by atoms with E-state index in [4.69, 9.17) is 29.3 Å². The summed E-state index contributed by atoms with van der Waals surface area (Å²) in [7, 11) is 5.77. The summed E-state index contributed by atoms with van der Waals surface area (Å²) in [5, 5.41) is 18.2. The van der Waals surface area contributed by atoms with Crippen LogP contribution in [0.2, 0.25) is 0 Å². The zero-order valence-electron chi connectivity index (χ0n) is 56.4. The second-order valence-corrected chi connectivity index (χ2v) is 21.7. The first kappa shape index (κ1) is 83.6. The van der Waals surface area contributed by atoms with Crippen molar-refractivity contribution in [3.63, 3.8) is 0 Å². The topological polar surface area (TPSA) is 258 Å². The molecule has 2 aliphatic rings. The second kappa shape index (κ2) is 45.8. The number of carbonyl (C=O) groups excluding carboxylic acids is 5. The van der Waals surface area contributed by atoms with Gasteiger partial charge in [0.05, 0.1) is 25.6 Å². The van der Waals surface area contributed by atoms with Gasteiger partial charge in [0.1, 0.15) is 30.4 Å². The first-order valence-corrected chi connectivity index (χ1v) is 29.8. The van der Waals surface area contributed by atoms with E-state index in [1.165, 1.54) is 30.5 Å². The number of imidazole rings is 2. The summed E-state index contributed by atoms with van der Waals surface area (Å²) in [5.41, 5.74) is 8.00. The summed E-state index contributed by atoms with van der Waals surface area (Å²) in [6, 6.07) is 33.4. The number of benzene rings is 4. The van der Waals surface area contributed by atoms with Crippen molar-refractivity contribution in [3.8, 4) is 34.0 Å². The zero-order valence-corrected chi connectivity index (χ0v) is 59.2. The average molecular weight is 1290 g/mol. The molecule has 2 aromatic heterocycles. The Labute approximate surface area is 567 Å². The molecule has 8 rings (SSSR count). The summed E-state index contributed by atoms with van der Waals surface area (Å²) in [4.78, 5) is 91.3. The fourth-order valence-corrected chi connectivity index (χ4v) is 9.28. The molecule has 0 atom stereocenters. The van der Waals surface area contributed by atoms with Gasteiger partial charge >= 0.3 is 49.3 Å². The van der Waals surface area contributed by atoms with Gasteiger partial charge in [-0.1, -0.05) is 90.8 Å². The number of hydrogen-bond donors (Lipinski definition) is 3. The molecule has 3 N–H and O–H groups in total. The number of nitrogens with zero attached hydrogens (tertiary/aromatic N) is 8. The number of aromatic nitrogens is 4. The minimum Gasteiger partial charge on any atom is -0.661 e. The second-order valence-electron chi connectivity index (χ2n) is 21.7. The largest absolute Gasteiger partial charge is 1.00 e. The van der Waals surface area contributed by atoms with E-state index in [1.54, 1.807) is 60.3 Å². The molecule has 0 spiro atoms. The Hall–Kier alpha value is -7.38. The molecule has 0 bridgehead atoms. The third kappa shape index (κ3) is 33.5. The maximum Gasteiger partial charge on any atom is 1.00 e. The molecule has 0 radical (unpaired) electrons. The standard InChI is InChI=1S/C25H30N4O2.C17H22N4O.C8H19N.C8H8O2.C4H8BO4.2C2H4O2.ClH.Na/c1-19-7-9-21(10-8-19)24-17-29(18-26-24)25(30)27(2)22-11-13-28(14-12-22)16-20-5-4-6-23(15-20)31-3;1-13-3-5-14(6-4-13)16-11-21(12-19-16)17(22)20(2)15-7-9-18-10-8-15;1-6-9(7(2)3)8(4)5;1-10-8-4-2-3-7(5-8)6-9;1-3(6)8-5-9-4(2)7;2*1-2(3)4;;/h4-10,15,17-18,22H,11-14,16H2,1-3H3;3-6,11-12,15,18H,7-10H2,1-2H3;7-8H,6H2,1-5H3;2-6H,1H3;5H2,1-2H3;2*1H3,(H,3,4);1H;/q;;;;-1;;;;+1. The van der Waals surface area contributed by atoms with E-state index < -0.39 is 31.6 Å². The van der Waals surface area contributed by atoms with E-state index in [-0.39, 0.29) is 60.1 Å². The van der Waals surface area contributed by atoms with Crippen LogP contribution in [0, 0.1) is 13.8 Å². The molecule has 25 heteroatoms.